The minimum absolute atomic E-state index is 0.485. The van der Waals surface area contributed by atoms with Crippen molar-refractivity contribution in [2.45, 2.75) is 44.3 Å². The highest BCUT2D eigenvalue weighted by atomic mass is 32.2. The summed E-state index contributed by atoms with van der Waals surface area (Å²) in [5, 5.41) is 0. The number of rotatable bonds is 3. The lowest BCUT2D eigenvalue weighted by Gasteiger charge is -2.30. The molecule has 0 aliphatic heterocycles. The maximum absolute atomic E-state index is 12.1. The second kappa shape index (κ2) is 5.17. The van der Waals surface area contributed by atoms with E-state index in [1.807, 2.05) is 6.04 Å². The van der Waals surface area contributed by atoms with Crippen LogP contribution in [-0.2, 0) is 10.0 Å². The van der Waals surface area contributed by atoms with E-state index in [0.29, 0.717) is 17.1 Å². The maximum Gasteiger partial charge on any atom is 0.404 e. The van der Waals surface area contributed by atoms with E-state index in [1.54, 1.807) is 0 Å². The molecule has 0 spiro atoms. The molecule has 0 radical (unpaired) electrons. The summed E-state index contributed by atoms with van der Waals surface area (Å²) < 4.78 is 60.1. The lowest BCUT2D eigenvalue weighted by molar-refractivity contribution is -0.106. The SMILES string of the molecule is C#CN(C1CCCCC1)S(=O)(=O)CC(F)(F)F. The van der Waals surface area contributed by atoms with Gasteiger partial charge >= 0.3 is 6.18 Å². The summed E-state index contributed by atoms with van der Waals surface area (Å²) >= 11 is 0. The Morgan fingerprint density at radius 1 is 1.24 bits per heavy atom. The van der Waals surface area contributed by atoms with E-state index < -0.39 is 28.0 Å². The molecule has 0 bridgehead atoms. The molecular weight excluding hydrogens is 255 g/mol. The molecule has 0 N–H and O–H groups in total. The Labute approximate surface area is 99.0 Å². The first-order valence-electron chi connectivity index (χ1n) is 5.31. The lowest BCUT2D eigenvalue weighted by Crippen LogP contribution is -2.42. The summed E-state index contributed by atoms with van der Waals surface area (Å²) in [6.45, 7) is 0. The van der Waals surface area contributed by atoms with Crippen LogP contribution >= 0.6 is 0 Å². The Kier molecular flexibility index (Phi) is 4.31. The Morgan fingerprint density at radius 2 is 1.76 bits per heavy atom. The molecule has 17 heavy (non-hydrogen) atoms. The molecule has 3 nitrogen and oxygen atoms in total. The minimum Gasteiger partial charge on any atom is -0.225 e. The summed E-state index contributed by atoms with van der Waals surface area (Å²) in [4.78, 5) is 0. The van der Waals surface area contributed by atoms with Crippen molar-refractivity contribution in [1.29, 1.82) is 0 Å². The number of sulfonamides is 1. The minimum atomic E-state index is -4.76. The van der Waals surface area contributed by atoms with Gasteiger partial charge in [-0.2, -0.15) is 13.2 Å². The van der Waals surface area contributed by atoms with Gasteiger partial charge in [-0.15, -0.1) is 0 Å². The van der Waals surface area contributed by atoms with Crippen LogP contribution in [-0.4, -0.2) is 30.7 Å². The quantitative estimate of drug-likeness (QED) is 0.581. The van der Waals surface area contributed by atoms with Crippen molar-refractivity contribution >= 4 is 10.0 Å². The average Bonchev–Trinajstić information content (AvgIpc) is 2.15. The molecule has 7 heteroatoms. The molecule has 0 atom stereocenters. The molecule has 1 fully saturated rings. The molecule has 1 rings (SSSR count). The van der Waals surface area contributed by atoms with Crippen molar-refractivity contribution in [3.05, 3.63) is 0 Å². The van der Waals surface area contributed by atoms with Crippen molar-refractivity contribution in [3.8, 4) is 12.5 Å². The highest BCUT2D eigenvalue weighted by Crippen LogP contribution is 2.27. The number of alkyl halides is 3. The Balaban J connectivity index is 2.83. The highest BCUT2D eigenvalue weighted by molar-refractivity contribution is 7.89. The number of terminal acetylenes is 1. The van der Waals surface area contributed by atoms with Gasteiger partial charge in [-0.1, -0.05) is 25.7 Å². The van der Waals surface area contributed by atoms with E-state index in [9.17, 15) is 21.6 Å². The Bertz CT molecular complexity index is 391. The van der Waals surface area contributed by atoms with Crippen LogP contribution in [0.25, 0.3) is 0 Å². The molecule has 98 valence electrons. The van der Waals surface area contributed by atoms with Crippen LogP contribution in [0.5, 0.6) is 0 Å². The fourth-order valence-electron chi connectivity index (χ4n) is 2.00. The van der Waals surface area contributed by atoms with Crippen molar-refractivity contribution < 1.29 is 21.6 Å². The molecular formula is C10H14F3NO2S. The molecule has 1 saturated carbocycles. The van der Waals surface area contributed by atoms with Crippen LogP contribution in [0.15, 0.2) is 0 Å². The third-order valence-electron chi connectivity index (χ3n) is 2.68. The summed E-state index contributed by atoms with van der Waals surface area (Å²) in [5.41, 5.74) is 0. The monoisotopic (exact) mass is 269 g/mol. The van der Waals surface area contributed by atoms with Crippen LogP contribution < -0.4 is 0 Å². The van der Waals surface area contributed by atoms with Crippen LogP contribution in [0.2, 0.25) is 0 Å². The molecule has 1 aliphatic rings. The first-order valence-corrected chi connectivity index (χ1v) is 6.92. The fourth-order valence-corrected chi connectivity index (χ4v) is 3.38. The van der Waals surface area contributed by atoms with Crippen LogP contribution in [0.3, 0.4) is 0 Å². The molecule has 0 aromatic carbocycles. The van der Waals surface area contributed by atoms with Crippen molar-refractivity contribution in [2.24, 2.45) is 0 Å². The first kappa shape index (κ1) is 14.2. The van der Waals surface area contributed by atoms with Gasteiger partial charge in [0.1, 0.15) is 0 Å². The lowest BCUT2D eigenvalue weighted by atomic mass is 9.96. The first-order chi connectivity index (χ1) is 7.76. The summed E-state index contributed by atoms with van der Waals surface area (Å²) in [5.74, 6) is -1.89. The summed E-state index contributed by atoms with van der Waals surface area (Å²) in [6, 6.07) is 1.39. The molecule has 0 aromatic rings. The predicted octanol–water partition coefficient (Wildman–Crippen LogP) is 2.10. The van der Waals surface area contributed by atoms with Gasteiger partial charge in [-0.25, -0.2) is 12.7 Å². The maximum atomic E-state index is 12.1. The third-order valence-corrected chi connectivity index (χ3v) is 4.37. The molecule has 0 amide bonds. The number of hydrogen-bond donors (Lipinski definition) is 0. The zero-order valence-corrected chi connectivity index (χ0v) is 10.0. The van der Waals surface area contributed by atoms with E-state index in [2.05, 4.69) is 0 Å². The van der Waals surface area contributed by atoms with Crippen molar-refractivity contribution in [1.82, 2.24) is 4.31 Å². The second-order valence-corrected chi connectivity index (χ2v) is 5.93. The van der Waals surface area contributed by atoms with Gasteiger partial charge in [0.2, 0.25) is 0 Å². The largest absolute Gasteiger partial charge is 0.404 e. The van der Waals surface area contributed by atoms with Gasteiger partial charge in [-0.05, 0) is 12.8 Å². The smallest absolute Gasteiger partial charge is 0.225 e. The van der Waals surface area contributed by atoms with Crippen LogP contribution in [0, 0.1) is 12.5 Å². The van der Waals surface area contributed by atoms with E-state index in [0.717, 1.165) is 19.3 Å². The molecule has 1 aliphatic carbocycles. The van der Waals surface area contributed by atoms with E-state index in [-0.39, 0.29) is 0 Å². The molecule has 0 saturated heterocycles. The highest BCUT2D eigenvalue weighted by Gasteiger charge is 2.40. The zero-order valence-electron chi connectivity index (χ0n) is 9.20. The van der Waals surface area contributed by atoms with Crippen LogP contribution in [0.1, 0.15) is 32.1 Å². The summed E-state index contributed by atoms with van der Waals surface area (Å²) in [7, 11) is -4.46. The van der Waals surface area contributed by atoms with Gasteiger partial charge < -0.3 is 0 Å². The Hall–Kier alpha value is -0.900. The topological polar surface area (TPSA) is 37.4 Å². The van der Waals surface area contributed by atoms with Gasteiger partial charge in [0.25, 0.3) is 10.0 Å². The number of hydrogen-bond acceptors (Lipinski definition) is 2. The summed E-state index contributed by atoms with van der Waals surface area (Å²) in [6.07, 6.45) is 3.89. The predicted molar refractivity (Wildman–Crippen MR) is 57.4 cm³/mol. The number of halogens is 3. The van der Waals surface area contributed by atoms with Gasteiger partial charge in [0, 0.05) is 6.04 Å². The average molecular weight is 269 g/mol. The molecule has 0 unspecified atom stereocenters. The van der Waals surface area contributed by atoms with E-state index >= 15 is 0 Å². The zero-order chi connectivity index (χ0) is 13.1. The fraction of sp³-hybridized carbons (Fsp3) is 0.800. The second-order valence-electron chi connectivity index (χ2n) is 4.09. The standard InChI is InChI=1S/C10H14F3NO2S/c1-2-14(9-6-4-3-5-7-9)17(15,16)8-10(11,12)13/h1,9H,3-8H2. The van der Waals surface area contributed by atoms with E-state index in [1.165, 1.54) is 0 Å². The Morgan fingerprint density at radius 3 is 2.18 bits per heavy atom. The van der Waals surface area contributed by atoms with Gasteiger partial charge in [0.05, 0.1) is 6.04 Å². The van der Waals surface area contributed by atoms with E-state index in [4.69, 9.17) is 6.42 Å². The molecule has 0 heterocycles. The molecule has 0 aromatic heterocycles. The third kappa shape index (κ3) is 4.11. The van der Waals surface area contributed by atoms with Gasteiger partial charge in [-0.3, -0.25) is 0 Å². The normalized spacial score (nSPS) is 18.7. The van der Waals surface area contributed by atoms with Crippen LogP contribution in [0.4, 0.5) is 13.2 Å². The van der Waals surface area contributed by atoms with Gasteiger partial charge in [0.15, 0.2) is 5.75 Å². The number of nitrogens with zero attached hydrogens (tertiary/aromatic N) is 1. The van der Waals surface area contributed by atoms with Crippen molar-refractivity contribution in [2.75, 3.05) is 5.75 Å². The van der Waals surface area contributed by atoms with Crippen molar-refractivity contribution in [3.63, 3.8) is 0 Å².